The molecule has 1 rings (SSSR count). The van der Waals surface area contributed by atoms with Gasteiger partial charge in [-0.15, -0.1) is 0 Å². The van der Waals surface area contributed by atoms with Gasteiger partial charge in [0.2, 0.25) is 0 Å². The van der Waals surface area contributed by atoms with Gasteiger partial charge in [0.1, 0.15) is 5.82 Å². The maximum absolute atomic E-state index is 13.2. The highest BCUT2D eigenvalue weighted by molar-refractivity contribution is 6.30. The van der Waals surface area contributed by atoms with Crippen molar-refractivity contribution in [3.8, 4) is 0 Å². The minimum absolute atomic E-state index is 0.282. The summed E-state index contributed by atoms with van der Waals surface area (Å²) in [7, 11) is 1.84. The Morgan fingerprint density at radius 2 is 2.29 bits per heavy atom. The van der Waals surface area contributed by atoms with Crippen molar-refractivity contribution in [2.45, 2.75) is 6.61 Å². The van der Waals surface area contributed by atoms with E-state index in [0.717, 1.165) is 6.54 Å². The largest absolute Gasteiger partial charge is 0.375 e. The lowest BCUT2D eigenvalue weighted by Gasteiger charge is -2.05. The van der Waals surface area contributed by atoms with Crippen LogP contribution < -0.4 is 5.32 Å². The van der Waals surface area contributed by atoms with Crippen molar-refractivity contribution < 1.29 is 9.13 Å². The molecule has 1 aromatic rings. The molecule has 0 aromatic heterocycles. The summed E-state index contributed by atoms with van der Waals surface area (Å²) < 4.78 is 18.4. The van der Waals surface area contributed by atoms with E-state index in [-0.39, 0.29) is 12.4 Å². The van der Waals surface area contributed by atoms with Crippen LogP contribution in [-0.4, -0.2) is 20.2 Å². The van der Waals surface area contributed by atoms with E-state index in [1.165, 1.54) is 6.07 Å². The number of nitrogens with one attached hydrogen (secondary N) is 1. The monoisotopic (exact) mass is 217 g/mol. The lowest BCUT2D eigenvalue weighted by molar-refractivity contribution is 0.121. The highest BCUT2D eigenvalue weighted by Crippen LogP contribution is 2.15. The molecule has 14 heavy (non-hydrogen) atoms. The van der Waals surface area contributed by atoms with Crippen molar-refractivity contribution in [3.05, 3.63) is 34.6 Å². The van der Waals surface area contributed by atoms with Crippen LogP contribution in [0.4, 0.5) is 4.39 Å². The molecule has 0 heterocycles. The van der Waals surface area contributed by atoms with E-state index in [2.05, 4.69) is 5.32 Å². The van der Waals surface area contributed by atoms with Crippen LogP contribution in [0.15, 0.2) is 18.2 Å². The van der Waals surface area contributed by atoms with Crippen LogP contribution in [0.2, 0.25) is 5.02 Å². The molecule has 0 saturated carbocycles. The number of halogens is 2. The molecule has 0 aliphatic heterocycles. The summed E-state index contributed by atoms with van der Waals surface area (Å²) in [6.45, 7) is 1.61. The van der Waals surface area contributed by atoms with Gasteiger partial charge in [0.15, 0.2) is 0 Å². The lowest BCUT2D eigenvalue weighted by atomic mass is 10.2. The Bertz CT molecular complexity index is 293. The third kappa shape index (κ3) is 3.62. The van der Waals surface area contributed by atoms with Gasteiger partial charge in [-0.3, -0.25) is 0 Å². The summed E-state index contributed by atoms with van der Waals surface area (Å²) in [5.74, 6) is -0.318. The molecule has 0 unspecified atom stereocenters. The van der Waals surface area contributed by atoms with Crippen molar-refractivity contribution in [3.63, 3.8) is 0 Å². The minimum atomic E-state index is -0.318. The SMILES string of the molecule is CNCCOCc1ccc(Cl)cc1F. The number of hydrogen-bond donors (Lipinski definition) is 1. The van der Waals surface area contributed by atoms with Crippen molar-refractivity contribution in [2.75, 3.05) is 20.2 Å². The normalized spacial score (nSPS) is 10.5. The fraction of sp³-hybridized carbons (Fsp3) is 0.400. The van der Waals surface area contributed by atoms with Crippen LogP contribution in [0.3, 0.4) is 0 Å². The Labute approximate surface area is 88.0 Å². The Balaban J connectivity index is 2.42. The van der Waals surface area contributed by atoms with Gasteiger partial charge < -0.3 is 10.1 Å². The highest BCUT2D eigenvalue weighted by atomic mass is 35.5. The number of benzene rings is 1. The van der Waals surface area contributed by atoms with Gasteiger partial charge >= 0.3 is 0 Å². The topological polar surface area (TPSA) is 21.3 Å². The van der Waals surface area contributed by atoms with Crippen LogP contribution in [0.5, 0.6) is 0 Å². The summed E-state index contributed by atoms with van der Waals surface area (Å²) in [5.41, 5.74) is 0.533. The Morgan fingerprint density at radius 3 is 2.93 bits per heavy atom. The maximum Gasteiger partial charge on any atom is 0.130 e. The van der Waals surface area contributed by atoms with Crippen LogP contribution in [-0.2, 0) is 11.3 Å². The zero-order valence-electron chi connectivity index (χ0n) is 8.02. The minimum Gasteiger partial charge on any atom is -0.375 e. The summed E-state index contributed by atoms with van der Waals surface area (Å²) in [6, 6.07) is 4.58. The Kier molecular flexibility index (Phi) is 4.87. The molecule has 0 radical (unpaired) electrons. The first-order valence-corrected chi connectivity index (χ1v) is 4.78. The zero-order valence-corrected chi connectivity index (χ0v) is 8.77. The van der Waals surface area contributed by atoms with E-state index in [1.807, 2.05) is 7.05 Å². The first kappa shape index (κ1) is 11.4. The van der Waals surface area contributed by atoms with E-state index >= 15 is 0 Å². The van der Waals surface area contributed by atoms with Gasteiger partial charge in [0, 0.05) is 17.1 Å². The predicted molar refractivity (Wildman–Crippen MR) is 55.0 cm³/mol. The third-order valence-electron chi connectivity index (χ3n) is 1.77. The van der Waals surface area contributed by atoms with E-state index in [9.17, 15) is 4.39 Å². The van der Waals surface area contributed by atoms with Gasteiger partial charge in [-0.25, -0.2) is 4.39 Å². The molecule has 1 N–H and O–H groups in total. The third-order valence-corrected chi connectivity index (χ3v) is 2.00. The standard InChI is InChI=1S/C10H13ClFNO/c1-13-4-5-14-7-8-2-3-9(11)6-10(8)12/h2-3,6,13H,4-5,7H2,1H3. The van der Waals surface area contributed by atoms with E-state index in [0.29, 0.717) is 17.2 Å². The van der Waals surface area contributed by atoms with Gasteiger partial charge in [-0.2, -0.15) is 0 Å². The molecule has 1 aromatic carbocycles. The molecular weight excluding hydrogens is 205 g/mol. The van der Waals surface area contributed by atoms with Crippen LogP contribution >= 0.6 is 11.6 Å². The van der Waals surface area contributed by atoms with Crippen LogP contribution in [0.25, 0.3) is 0 Å². The first-order valence-electron chi connectivity index (χ1n) is 4.40. The van der Waals surface area contributed by atoms with E-state index < -0.39 is 0 Å². The maximum atomic E-state index is 13.2. The van der Waals surface area contributed by atoms with Crippen molar-refractivity contribution in [2.24, 2.45) is 0 Å². The van der Waals surface area contributed by atoms with Crippen LogP contribution in [0.1, 0.15) is 5.56 Å². The Hall–Kier alpha value is -0.640. The fourth-order valence-electron chi connectivity index (χ4n) is 0.995. The zero-order chi connectivity index (χ0) is 10.4. The second-order valence-electron chi connectivity index (χ2n) is 2.89. The molecular formula is C10H13ClFNO. The molecule has 0 aliphatic rings. The second-order valence-corrected chi connectivity index (χ2v) is 3.33. The molecule has 4 heteroatoms. The van der Waals surface area contributed by atoms with Gasteiger partial charge in [0.25, 0.3) is 0 Å². The summed E-state index contributed by atoms with van der Waals surface area (Å²) in [6.07, 6.45) is 0. The number of likely N-dealkylation sites (N-methyl/N-ethyl adjacent to an activating group) is 1. The van der Waals surface area contributed by atoms with Gasteiger partial charge in [-0.1, -0.05) is 17.7 Å². The van der Waals surface area contributed by atoms with Crippen molar-refractivity contribution >= 4 is 11.6 Å². The lowest BCUT2D eigenvalue weighted by Crippen LogP contribution is -2.14. The van der Waals surface area contributed by atoms with Crippen LogP contribution in [0, 0.1) is 5.82 Å². The molecule has 0 spiro atoms. The van der Waals surface area contributed by atoms with Crippen molar-refractivity contribution in [1.82, 2.24) is 5.32 Å². The fourth-order valence-corrected chi connectivity index (χ4v) is 1.15. The highest BCUT2D eigenvalue weighted by Gasteiger charge is 2.02. The quantitative estimate of drug-likeness (QED) is 0.764. The van der Waals surface area contributed by atoms with E-state index in [1.54, 1.807) is 12.1 Å². The number of rotatable bonds is 5. The number of ether oxygens (including phenoxy) is 1. The molecule has 2 nitrogen and oxygen atoms in total. The summed E-state index contributed by atoms with van der Waals surface area (Å²) in [4.78, 5) is 0. The smallest absolute Gasteiger partial charge is 0.130 e. The summed E-state index contributed by atoms with van der Waals surface area (Å²) in [5, 5.41) is 3.34. The molecule has 0 saturated heterocycles. The molecule has 0 aliphatic carbocycles. The predicted octanol–water partition coefficient (Wildman–Crippen LogP) is 2.22. The molecule has 0 bridgehead atoms. The second kappa shape index (κ2) is 5.96. The van der Waals surface area contributed by atoms with E-state index in [4.69, 9.17) is 16.3 Å². The number of hydrogen-bond acceptors (Lipinski definition) is 2. The molecule has 78 valence electrons. The van der Waals surface area contributed by atoms with Gasteiger partial charge in [-0.05, 0) is 19.2 Å². The average molecular weight is 218 g/mol. The van der Waals surface area contributed by atoms with Crippen molar-refractivity contribution in [1.29, 1.82) is 0 Å². The first-order chi connectivity index (χ1) is 6.74. The molecule has 0 atom stereocenters. The molecule has 0 amide bonds. The average Bonchev–Trinajstić information content (AvgIpc) is 2.15. The summed E-state index contributed by atoms with van der Waals surface area (Å²) >= 11 is 5.61. The molecule has 0 fully saturated rings. The Morgan fingerprint density at radius 1 is 1.50 bits per heavy atom. The van der Waals surface area contributed by atoms with Gasteiger partial charge in [0.05, 0.1) is 13.2 Å².